The average Bonchev–Trinajstić information content (AvgIpc) is 3.60. The van der Waals surface area contributed by atoms with Gasteiger partial charge < -0.3 is 25.5 Å². The maximum Gasteiger partial charge on any atom is 0.303 e. The maximum atomic E-state index is 12.4. The number of thiol groups is 1. The number of nitrogens with one attached hydrogen (secondary N) is 3. The van der Waals surface area contributed by atoms with Crippen molar-refractivity contribution in [1.29, 1.82) is 0 Å². The number of aromatic nitrogens is 2. The Balaban J connectivity index is 1.77. The van der Waals surface area contributed by atoms with Crippen LogP contribution in [0.3, 0.4) is 0 Å². The summed E-state index contributed by atoms with van der Waals surface area (Å²) >= 11 is 4.35. The van der Waals surface area contributed by atoms with E-state index in [4.69, 9.17) is 0 Å². The first kappa shape index (κ1) is 32.5. The van der Waals surface area contributed by atoms with Crippen molar-refractivity contribution in [3.63, 3.8) is 0 Å². The minimum absolute atomic E-state index is 0.0591. The van der Waals surface area contributed by atoms with Gasteiger partial charge in [0.25, 0.3) is 11.8 Å². The molecule has 0 fully saturated rings. The molecule has 10 nitrogen and oxygen atoms in total. The number of hydrogen-bond donors (Lipinski definition) is 6. The average molecular weight is 619 g/mol. The zero-order chi connectivity index (χ0) is 32.3. The number of allylic oxidation sites excluding steroid dienone is 2. The van der Waals surface area contributed by atoms with Crippen molar-refractivity contribution in [3.8, 4) is 0 Å². The normalized spacial score (nSPS) is 15.9. The fraction of sp³-hybridized carbons (Fsp3) is 0.364. The molecule has 0 saturated carbocycles. The van der Waals surface area contributed by atoms with Crippen LogP contribution in [0.2, 0.25) is 0 Å². The van der Waals surface area contributed by atoms with Gasteiger partial charge >= 0.3 is 11.9 Å². The molecule has 2 aliphatic rings. The summed E-state index contributed by atoms with van der Waals surface area (Å²) in [6.07, 6.45) is 5.23. The molecule has 4 heterocycles. The standard InChI is InChI=1S/C33H38N4O6S/c1-6-20-16(2)26(36-33(20)43)13-24-17(3)21(7-9-30(38)39)27(34-24)15-28-22(8-10-31(40)41)18(4)25(35-28)14-29-23(11-12-44)19(5)32(42)37-29/h6,14,34-35,44H,1,7-13,15H2,2-5H3,(H,37,42)(H,38,39)(H,40,41)/b29-14-. The molecule has 0 saturated heterocycles. The number of carbonyl (C=O) groups excluding carboxylic acids is 2. The van der Waals surface area contributed by atoms with E-state index >= 15 is 0 Å². The molecule has 232 valence electrons. The van der Waals surface area contributed by atoms with Gasteiger partial charge in [-0.3, -0.25) is 19.2 Å². The minimum Gasteiger partial charge on any atom is -0.481 e. The van der Waals surface area contributed by atoms with Gasteiger partial charge in [0.2, 0.25) is 0 Å². The summed E-state index contributed by atoms with van der Waals surface area (Å²) in [5.74, 6) is -1.72. The third kappa shape index (κ3) is 6.72. The molecule has 11 heteroatoms. The SMILES string of the molecule is C=CC1=C(C)C(Cc2[nH]c(Cc3[nH]c(/C=C4\NC(=O)C(C)=C4CCS)c(C)c3CCC(=O)O)c(CCC(=O)O)c2C)=NC1=O. The third-order valence-electron chi connectivity index (χ3n) is 8.48. The number of aliphatic imine (C=N–C) groups is 1. The molecule has 0 spiro atoms. The van der Waals surface area contributed by atoms with E-state index in [1.165, 1.54) is 6.08 Å². The minimum atomic E-state index is -0.913. The van der Waals surface area contributed by atoms with Gasteiger partial charge in [0.15, 0.2) is 0 Å². The Morgan fingerprint density at radius 2 is 1.48 bits per heavy atom. The topological polar surface area (TPSA) is 165 Å². The first-order valence-corrected chi connectivity index (χ1v) is 15.1. The summed E-state index contributed by atoms with van der Waals surface area (Å²) in [5.41, 5.74) is 10.8. The highest BCUT2D eigenvalue weighted by molar-refractivity contribution is 7.80. The van der Waals surface area contributed by atoms with Crippen LogP contribution in [0.5, 0.6) is 0 Å². The van der Waals surface area contributed by atoms with Gasteiger partial charge in [-0.25, -0.2) is 4.99 Å². The van der Waals surface area contributed by atoms with Crippen LogP contribution in [0.4, 0.5) is 0 Å². The lowest BCUT2D eigenvalue weighted by Crippen LogP contribution is -2.15. The Morgan fingerprint density at radius 1 is 0.864 bits per heavy atom. The number of carboxylic acid groups (broad SMARTS) is 2. The molecule has 44 heavy (non-hydrogen) atoms. The van der Waals surface area contributed by atoms with Gasteiger partial charge in [0.1, 0.15) is 0 Å². The molecule has 2 aromatic heterocycles. The van der Waals surface area contributed by atoms with E-state index in [1.807, 2.05) is 26.8 Å². The second kappa shape index (κ2) is 13.5. The van der Waals surface area contributed by atoms with Crippen LogP contribution in [0.25, 0.3) is 6.08 Å². The van der Waals surface area contributed by atoms with Gasteiger partial charge in [-0.1, -0.05) is 12.7 Å². The highest BCUT2D eigenvalue weighted by atomic mass is 32.1. The lowest BCUT2D eigenvalue weighted by atomic mass is 9.97. The van der Waals surface area contributed by atoms with Crippen molar-refractivity contribution >= 4 is 48.2 Å². The second-order valence-electron chi connectivity index (χ2n) is 11.1. The number of carbonyl (C=O) groups is 4. The summed E-state index contributed by atoms with van der Waals surface area (Å²) in [6, 6.07) is 0. The lowest BCUT2D eigenvalue weighted by molar-refractivity contribution is -0.138. The molecular weight excluding hydrogens is 580 g/mol. The predicted molar refractivity (Wildman–Crippen MR) is 172 cm³/mol. The van der Waals surface area contributed by atoms with Crippen molar-refractivity contribution < 1.29 is 29.4 Å². The van der Waals surface area contributed by atoms with Crippen LogP contribution in [-0.2, 0) is 44.9 Å². The van der Waals surface area contributed by atoms with E-state index in [2.05, 4.69) is 39.5 Å². The summed E-state index contributed by atoms with van der Waals surface area (Å²) < 4.78 is 0. The van der Waals surface area contributed by atoms with Gasteiger partial charge in [0, 0.05) is 65.3 Å². The summed E-state index contributed by atoms with van der Waals surface area (Å²) in [4.78, 5) is 59.0. The highest BCUT2D eigenvalue weighted by Gasteiger charge is 2.26. The van der Waals surface area contributed by atoms with Crippen LogP contribution >= 0.6 is 12.6 Å². The Hall–Kier alpha value is -4.38. The molecule has 5 N–H and O–H groups in total. The van der Waals surface area contributed by atoms with E-state index in [-0.39, 0.29) is 24.7 Å². The van der Waals surface area contributed by atoms with E-state index in [1.54, 1.807) is 6.92 Å². The zero-order valence-electron chi connectivity index (χ0n) is 25.4. The van der Waals surface area contributed by atoms with Crippen LogP contribution in [0, 0.1) is 13.8 Å². The fourth-order valence-electron chi connectivity index (χ4n) is 5.92. The molecule has 2 aromatic rings. The van der Waals surface area contributed by atoms with Gasteiger partial charge in [0.05, 0.1) is 5.71 Å². The molecule has 0 unspecified atom stereocenters. The third-order valence-corrected chi connectivity index (χ3v) is 8.70. The van der Waals surface area contributed by atoms with Crippen molar-refractivity contribution in [2.45, 2.75) is 72.6 Å². The molecule has 0 aliphatic carbocycles. The van der Waals surface area contributed by atoms with E-state index in [9.17, 15) is 29.4 Å². The monoisotopic (exact) mass is 618 g/mol. The predicted octanol–water partition coefficient (Wildman–Crippen LogP) is 4.72. The molecule has 0 aromatic carbocycles. The molecule has 2 amide bonds. The molecule has 4 rings (SSSR count). The maximum absolute atomic E-state index is 12.4. The number of aliphatic carboxylic acids is 2. The zero-order valence-corrected chi connectivity index (χ0v) is 26.3. The van der Waals surface area contributed by atoms with Crippen LogP contribution in [0.1, 0.15) is 78.1 Å². The van der Waals surface area contributed by atoms with Gasteiger partial charge in [-0.2, -0.15) is 12.6 Å². The van der Waals surface area contributed by atoms with Crippen molar-refractivity contribution in [1.82, 2.24) is 15.3 Å². The smallest absolute Gasteiger partial charge is 0.303 e. The van der Waals surface area contributed by atoms with Gasteiger partial charge in [-0.15, -0.1) is 0 Å². The van der Waals surface area contributed by atoms with Crippen LogP contribution in [-0.4, -0.2) is 55.4 Å². The number of rotatable bonds is 14. The van der Waals surface area contributed by atoms with E-state index < -0.39 is 11.9 Å². The number of H-pyrrole nitrogens is 2. The van der Waals surface area contributed by atoms with Crippen LogP contribution in [0.15, 0.2) is 45.6 Å². The van der Waals surface area contributed by atoms with Gasteiger partial charge in [-0.05, 0) is 92.2 Å². The number of nitrogens with zero attached hydrogens (tertiary/aromatic N) is 1. The second-order valence-corrected chi connectivity index (χ2v) is 11.6. The van der Waals surface area contributed by atoms with E-state index in [0.717, 1.165) is 56.2 Å². The Labute approximate surface area is 261 Å². The first-order valence-electron chi connectivity index (χ1n) is 14.5. The Bertz CT molecular complexity index is 1700. The lowest BCUT2D eigenvalue weighted by Gasteiger charge is -2.07. The Morgan fingerprint density at radius 3 is 2.05 bits per heavy atom. The number of hydrogen-bond acceptors (Lipinski definition) is 5. The number of carboxylic acids is 2. The highest BCUT2D eigenvalue weighted by Crippen LogP contribution is 2.31. The fourth-order valence-corrected chi connectivity index (χ4v) is 6.14. The molecular formula is C33H38N4O6S. The first-order chi connectivity index (χ1) is 20.9. The van der Waals surface area contributed by atoms with Crippen molar-refractivity contribution in [3.05, 3.63) is 85.7 Å². The molecule has 0 radical (unpaired) electrons. The number of amides is 2. The Kier molecular flexibility index (Phi) is 9.98. The van der Waals surface area contributed by atoms with Crippen molar-refractivity contribution in [2.75, 3.05) is 5.75 Å². The van der Waals surface area contributed by atoms with Crippen molar-refractivity contribution in [2.24, 2.45) is 4.99 Å². The number of aromatic amines is 2. The molecule has 0 atom stereocenters. The molecule has 2 aliphatic heterocycles. The largest absolute Gasteiger partial charge is 0.481 e. The van der Waals surface area contributed by atoms with E-state index in [0.29, 0.717) is 60.4 Å². The van der Waals surface area contributed by atoms with Crippen LogP contribution < -0.4 is 5.32 Å². The quantitative estimate of drug-likeness (QED) is 0.168. The molecule has 0 bridgehead atoms. The summed E-state index contributed by atoms with van der Waals surface area (Å²) in [6.45, 7) is 11.2. The summed E-state index contributed by atoms with van der Waals surface area (Å²) in [5, 5.41) is 21.8. The summed E-state index contributed by atoms with van der Waals surface area (Å²) in [7, 11) is 0.